The van der Waals surface area contributed by atoms with Crippen LogP contribution < -0.4 is 10.2 Å². The molecule has 3 rings (SSSR count). The van der Waals surface area contributed by atoms with Gasteiger partial charge in [0.05, 0.1) is 0 Å². The zero-order valence-corrected chi connectivity index (χ0v) is 11.7. The number of nitrogens with one attached hydrogen (secondary N) is 2. The number of aryl methyl sites for hydroxylation is 1. The van der Waals surface area contributed by atoms with Crippen LogP contribution >= 0.6 is 0 Å². The topological polar surface area (TPSA) is 77.1 Å². The minimum Gasteiger partial charge on any atom is -0.508 e. The Morgan fingerprint density at radius 1 is 1.40 bits per heavy atom. The molecule has 0 radical (unpaired) electrons. The molecule has 1 atom stereocenters. The predicted octanol–water partition coefficient (Wildman–Crippen LogP) is 1.28. The second-order valence-corrected chi connectivity index (χ2v) is 5.29. The van der Waals surface area contributed by atoms with Gasteiger partial charge in [-0.05, 0) is 37.6 Å². The van der Waals surface area contributed by atoms with Crippen LogP contribution in [-0.4, -0.2) is 46.0 Å². The van der Waals surface area contributed by atoms with Crippen LogP contribution in [0.4, 0.5) is 5.95 Å². The minimum absolute atomic E-state index is 0.296. The fraction of sp³-hybridized carbons (Fsp3) is 0.429. The van der Waals surface area contributed by atoms with Crippen molar-refractivity contribution in [1.29, 1.82) is 0 Å². The quantitative estimate of drug-likeness (QED) is 0.768. The standard InChI is InChI=1S/C14H19N5O/c1-9-7-11(3-4-12(9)20)13-16-14(18-17-13)19-6-5-15-10(2)8-19/h3-4,7,10,15,20H,5-6,8H2,1-2H3,(H,16,17,18). The molecule has 6 heteroatoms. The summed E-state index contributed by atoms with van der Waals surface area (Å²) in [5.41, 5.74) is 1.76. The molecule has 106 valence electrons. The van der Waals surface area contributed by atoms with Crippen LogP contribution in [0.5, 0.6) is 5.75 Å². The summed E-state index contributed by atoms with van der Waals surface area (Å²) in [6.07, 6.45) is 0. The molecule has 0 aliphatic carbocycles. The van der Waals surface area contributed by atoms with E-state index in [0.29, 0.717) is 11.8 Å². The minimum atomic E-state index is 0.296. The second kappa shape index (κ2) is 5.13. The Balaban J connectivity index is 1.84. The average molecular weight is 273 g/mol. The van der Waals surface area contributed by atoms with Crippen LogP contribution in [0.2, 0.25) is 0 Å². The number of hydrogen-bond acceptors (Lipinski definition) is 5. The van der Waals surface area contributed by atoms with E-state index in [1.54, 1.807) is 6.07 Å². The summed E-state index contributed by atoms with van der Waals surface area (Å²) in [5, 5.41) is 20.2. The number of benzene rings is 1. The van der Waals surface area contributed by atoms with Crippen molar-refractivity contribution >= 4 is 5.95 Å². The maximum Gasteiger partial charge on any atom is 0.245 e. The molecular weight excluding hydrogens is 254 g/mol. The number of piperazine rings is 1. The Hall–Kier alpha value is -2.08. The third-order valence-corrected chi connectivity index (χ3v) is 3.60. The van der Waals surface area contributed by atoms with E-state index in [-0.39, 0.29) is 0 Å². The molecule has 2 heterocycles. The molecule has 1 unspecified atom stereocenters. The van der Waals surface area contributed by atoms with E-state index in [2.05, 4.69) is 32.3 Å². The molecule has 0 saturated carbocycles. The van der Waals surface area contributed by atoms with E-state index in [1.807, 2.05) is 19.1 Å². The third-order valence-electron chi connectivity index (χ3n) is 3.60. The molecule has 0 spiro atoms. The van der Waals surface area contributed by atoms with Gasteiger partial charge < -0.3 is 15.3 Å². The van der Waals surface area contributed by atoms with E-state index in [4.69, 9.17) is 0 Å². The van der Waals surface area contributed by atoms with Crippen LogP contribution in [-0.2, 0) is 0 Å². The van der Waals surface area contributed by atoms with Crippen molar-refractivity contribution in [3.8, 4) is 17.1 Å². The van der Waals surface area contributed by atoms with Crippen molar-refractivity contribution in [1.82, 2.24) is 20.5 Å². The van der Waals surface area contributed by atoms with E-state index >= 15 is 0 Å². The Morgan fingerprint density at radius 2 is 2.25 bits per heavy atom. The Kier molecular flexibility index (Phi) is 3.31. The molecule has 1 fully saturated rings. The molecule has 0 bridgehead atoms. The lowest BCUT2D eigenvalue weighted by molar-refractivity contribution is 0.471. The average Bonchev–Trinajstić information content (AvgIpc) is 2.92. The first-order valence-corrected chi connectivity index (χ1v) is 6.84. The first-order valence-electron chi connectivity index (χ1n) is 6.84. The smallest absolute Gasteiger partial charge is 0.245 e. The van der Waals surface area contributed by atoms with Crippen molar-refractivity contribution in [2.24, 2.45) is 0 Å². The molecule has 0 amide bonds. The molecule has 6 nitrogen and oxygen atoms in total. The molecule has 3 N–H and O–H groups in total. The SMILES string of the molecule is Cc1cc(-c2nc(N3CCNC(C)C3)n[nH]2)ccc1O. The summed E-state index contributed by atoms with van der Waals surface area (Å²) < 4.78 is 0. The van der Waals surface area contributed by atoms with Crippen LogP contribution in [0.15, 0.2) is 18.2 Å². The van der Waals surface area contributed by atoms with Gasteiger partial charge >= 0.3 is 0 Å². The highest BCUT2D eigenvalue weighted by Crippen LogP contribution is 2.24. The van der Waals surface area contributed by atoms with Crippen molar-refractivity contribution in [3.05, 3.63) is 23.8 Å². The lowest BCUT2D eigenvalue weighted by Gasteiger charge is -2.30. The number of nitrogens with zero attached hydrogens (tertiary/aromatic N) is 3. The number of aromatic hydroxyl groups is 1. The van der Waals surface area contributed by atoms with E-state index in [9.17, 15) is 5.11 Å². The number of phenols is 1. The first-order chi connectivity index (χ1) is 9.63. The summed E-state index contributed by atoms with van der Waals surface area (Å²) in [4.78, 5) is 6.73. The van der Waals surface area contributed by atoms with Crippen molar-refractivity contribution < 1.29 is 5.11 Å². The zero-order chi connectivity index (χ0) is 14.1. The summed E-state index contributed by atoms with van der Waals surface area (Å²) in [7, 11) is 0. The summed E-state index contributed by atoms with van der Waals surface area (Å²) in [5.74, 6) is 1.76. The second-order valence-electron chi connectivity index (χ2n) is 5.29. The molecule has 1 saturated heterocycles. The van der Waals surface area contributed by atoms with Gasteiger partial charge in [-0.25, -0.2) is 0 Å². The molecule has 1 aromatic heterocycles. The van der Waals surface area contributed by atoms with Gasteiger partial charge in [-0.1, -0.05) is 0 Å². The van der Waals surface area contributed by atoms with Crippen LogP contribution in [0.25, 0.3) is 11.4 Å². The number of phenolic OH excluding ortho intramolecular Hbond substituents is 1. The van der Waals surface area contributed by atoms with Crippen molar-refractivity contribution in [3.63, 3.8) is 0 Å². The molecular formula is C14H19N5O. The maximum absolute atomic E-state index is 9.57. The molecule has 1 aliphatic rings. The van der Waals surface area contributed by atoms with Gasteiger partial charge in [0.25, 0.3) is 0 Å². The van der Waals surface area contributed by atoms with Gasteiger partial charge in [0, 0.05) is 31.2 Å². The predicted molar refractivity (Wildman–Crippen MR) is 77.9 cm³/mol. The molecule has 1 aromatic carbocycles. The molecule has 20 heavy (non-hydrogen) atoms. The number of aromatic nitrogens is 3. The van der Waals surface area contributed by atoms with E-state index < -0.39 is 0 Å². The monoisotopic (exact) mass is 273 g/mol. The fourth-order valence-corrected chi connectivity index (χ4v) is 2.44. The highest BCUT2D eigenvalue weighted by molar-refractivity contribution is 5.59. The van der Waals surface area contributed by atoms with Gasteiger partial charge in [0.15, 0.2) is 5.82 Å². The van der Waals surface area contributed by atoms with E-state index in [0.717, 1.165) is 42.5 Å². The van der Waals surface area contributed by atoms with Crippen molar-refractivity contribution in [2.75, 3.05) is 24.5 Å². The largest absolute Gasteiger partial charge is 0.508 e. The van der Waals surface area contributed by atoms with Gasteiger partial charge in [0.1, 0.15) is 5.75 Å². The van der Waals surface area contributed by atoms with Crippen LogP contribution in [0, 0.1) is 6.92 Å². The van der Waals surface area contributed by atoms with Crippen molar-refractivity contribution in [2.45, 2.75) is 19.9 Å². The van der Waals surface area contributed by atoms with Gasteiger partial charge in [0.2, 0.25) is 5.95 Å². The molecule has 1 aliphatic heterocycles. The number of H-pyrrole nitrogens is 1. The van der Waals surface area contributed by atoms with Gasteiger partial charge in [-0.15, -0.1) is 5.10 Å². The Labute approximate surface area is 117 Å². The lowest BCUT2D eigenvalue weighted by Crippen LogP contribution is -2.49. The van der Waals surface area contributed by atoms with Gasteiger partial charge in [-0.3, -0.25) is 5.10 Å². The normalized spacial score (nSPS) is 19.3. The first kappa shape index (κ1) is 12.9. The zero-order valence-electron chi connectivity index (χ0n) is 11.7. The number of hydrogen-bond donors (Lipinski definition) is 3. The van der Waals surface area contributed by atoms with Crippen LogP contribution in [0.1, 0.15) is 12.5 Å². The summed E-state index contributed by atoms with van der Waals surface area (Å²) in [6.45, 7) is 6.79. The lowest BCUT2D eigenvalue weighted by atomic mass is 10.1. The van der Waals surface area contributed by atoms with E-state index in [1.165, 1.54) is 0 Å². The van der Waals surface area contributed by atoms with Crippen LogP contribution in [0.3, 0.4) is 0 Å². The summed E-state index contributed by atoms with van der Waals surface area (Å²) >= 11 is 0. The third kappa shape index (κ3) is 2.46. The Morgan fingerprint density at radius 3 is 3.00 bits per heavy atom. The summed E-state index contributed by atoms with van der Waals surface area (Å²) in [6, 6.07) is 5.87. The highest BCUT2D eigenvalue weighted by atomic mass is 16.3. The number of aromatic amines is 1. The molecule has 2 aromatic rings. The highest BCUT2D eigenvalue weighted by Gasteiger charge is 2.19. The Bertz CT molecular complexity index is 609. The van der Waals surface area contributed by atoms with Gasteiger partial charge in [-0.2, -0.15) is 4.98 Å². The maximum atomic E-state index is 9.57. The number of rotatable bonds is 2. The fourth-order valence-electron chi connectivity index (χ4n) is 2.44. The number of anilines is 1.